The fourth-order valence-corrected chi connectivity index (χ4v) is 4.70. The highest BCUT2D eigenvalue weighted by Gasteiger charge is 2.46. The fraction of sp³-hybridized carbons (Fsp3) is 0.667. The second-order valence-corrected chi connectivity index (χ2v) is 7.62. The first-order valence-electron chi connectivity index (χ1n) is 7.97. The van der Waals surface area contributed by atoms with E-state index >= 15 is 0 Å². The second kappa shape index (κ2) is 5.14. The van der Waals surface area contributed by atoms with Crippen molar-refractivity contribution in [1.82, 2.24) is 5.32 Å². The predicted molar refractivity (Wildman–Crippen MR) is 81.3 cm³/mol. The van der Waals surface area contributed by atoms with Crippen LogP contribution in [0, 0.1) is 16.6 Å². The minimum atomic E-state index is -0.129. The molecule has 0 bridgehead atoms. The Hall–Kier alpha value is -0.890. The molecule has 0 aromatic heterocycles. The van der Waals surface area contributed by atoms with Crippen molar-refractivity contribution in [3.05, 3.63) is 35.6 Å². The average Bonchev–Trinajstić information content (AvgIpc) is 2.39. The molecule has 1 heterocycles. The van der Waals surface area contributed by atoms with Gasteiger partial charge in [0.15, 0.2) is 0 Å². The van der Waals surface area contributed by atoms with Gasteiger partial charge in [-0.3, -0.25) is 0 Å². The third kappa shape index (κ3) is 2.63. The van der Waals surface area contributed by atoms with E-state index in [0.29, 0.717) is 16.7 Å². The molecule has 1 aliphatic carbocycles. The molecule has 20 heavy (non-hydrogen) atoms. The lowest BCUT2D eigenvalue weighted by molar-refractivity contribution is 0.0332. The number of nitrogens with one attached hydrogen (secondary N) is 1. The Labute approximate surface area is 122 Å². The monoisotopic (exact) mass is 275 g/mol. The maximum Gasteiger partial charge on any atom is 0.123 e. The summed E-state index contributed by atoms with van der Waals surface area (Å²) in [6.45, 7) is 7.00. The molecule has 2 aliphatic rings. The zero-order valence-electron chi connectivity index (χ0n) is 12.7. The van der Waals surface area contributed by atoms with Gasteiger partial charge in [-0.2, -0.15) is 0 Å². The van der Waals surface area contributed by atoms with Crippen molar-refractivity contribution in [2.45, 2.75) is 51.9 Å². The molecule has 2 fully saturated rings. The van der Waals surface area contributed by atoms with Crippen LogP contribution in [0.3, 0.4) is 0 Å². The standard InChI is InChI=1S/C18H26FN/c1-17(2)8-3-9-18(13-17)10-11-20-12-16(18)14-4-6-15(19)7-5-14/h4-7,16,20H,3,8-13H2,1-2H3. The molecule has 1 nitrogen and oxygen atoms in total. The van der Waals surface area contributed by atoms with Crippen molar-refractivity contribution < 1.29 is 4.39 Å². The van der Waals surface area contributed by atoms with Gasteiger partial charge in [0.2, 0.25) is 0 Å². The number of halogens is 1. The van der Waals surface area contributed by atoms with Crippen LogP contribution in [0.5, 0.6) is 0 Å². The molecule has 0 amide bonds. The van der Waals surface area contributed by atoms with Gasteiger partial charge in [-0.15, -0.1) is 0 Å². The largest absolute Gasteiger partial charge is 0.316 e. The van der Waals surface area contributed by atoms with Crippen molar-refractivity contribution >= 4 is 0 Å². The Morgan fingerprint density at radius 2 is 1.85 bits per heavy atom. The molecule has 2 unspecified atom stereocenters. The number of benzene rings is 1. The lowest BCUT2D eigenvalue weighted by Crippen LogP contribution is -2.47. The maximum absolute atomic E-state index is 13.2. The van der Waals surface area contributed by atoms with Gasteiger partial charge in [-0.25, -0.2) is 4.39 Å². The smallest absolute Gasteiger partial charge is 0.123 e. The summed E-state index contributed by atoms with van der Waals surface area (Å²) in [5.41, 5.74) is 2.19. The Balaban J connectivity index is 1.92. The summed E-state index contributed by atoms with van der Waals surface area (Å²) in [5.74, 6) is 0.409. The Kier molecular flexibility index (Phi) is 3.62. The van der Waals surface area contributed by atoms with E-state index in [9.17, 15) is 4.39 Å². The van der Waals surface area contributed by atoms with E-state index in [2.05, 4.69) is 19.2 Å². The zero-order valence-corrected chi connectivity index (χ0v) is 12.7. The highest BCUT2D eigenvalue weighted by Crippen LogP contribution is 2.55. The highest BCUT2D eigenvalue weighted by atomic mass is 19.1. The first-order chi connectivity index (χ1) is 9.51. The van der Waals surface area contributed by atoms with Crippen LogP contribution in [0.2, 0.25) is 0 Å². The number of hydrogen-bond donors (Lipinski definition) is 1. The third-order valence-corrected chi connectivity index (χ3v) is 5.52. The van der Waals surface area contributed by atoms with Crippen LogP contribution >= 0.6 is 0 Å². The molecular formula is C18H26FN. The van der Waals surface area contributed by atoms with Gasteiger partial charge < -0.3 is 5.32 Å². The van der Waals surface area contributed by atoms with Gasteiger partial charge in [0, 0.05) is 12.5 Å². The molecule has 1 saturated heterocycles. The van der Waals surface area contributed by atoms with Gasteiger partial charge in [0.1, 0.15) is 5.82 Å². The topological polar surface area (TPSA) is 12.0 Å². The Morgan fingerprint density at radius 3 is 2.55 bits per heavy atom. The molecule has 1 saturated carbocycles. The van der Waals surface area contributed by atoms with Crippen molar-refractivity contribution in [1.29, 1.82) is 0 Å². The van der Waals surface area contributed by atoms with Gasteiger partial charge in [-0.1, -0.05) is 32.4 Å². The van der Waals surface area contributed by atoms with Crippen LogP contribution in [0.4, 0.5) is 4.39 Å². The van der Waals surface area contributed by atoms with E-state index < -0.39 is 0 Å². The Morgan fingerprint density at radius 1 is 1.10 bits per heavy atom. The van der Waals surface area contributed by atoms with Crippen molar-refractivity contribution in [3.63, 3.8) is 0 Å². The van der Waals surface area contributed by atoms with Gasteiger partial charge >= 0.3 is 0 Å². The van der Waals surface area contributed by atoms with E-state index in [4.69, 9.17) is 0 Å². The van der Waals surface area contributed by atoms with Crippen LogP contribution in [-0.4, -0.2) is 13.1 Å². The average molecular weight is 275 g/mol. The normalized spacial score (nSPS) is 33.2. The van der Waals surface area contributed by atoms with Gasteiger partial charge in [-0.05, 0) is 60.8 Å². The molecule has 1 N–H and O–H groups in total. The third-order valence-electron chi connectivity index (χ3n) is 5.52. The molecule has 2 atom stereocenters. The molecule has 1 aliphatic heterocycles. The lowest BCUT2D eigenvalue weighted by atomic mass is 9.55. The maximum atomic E-state index is 13.2. The van der Waals surface area contributed by atoms with E-state index in [-0.39, 0.29) is 5.82 Å². The van der Waals surface area contributed by atoms with Crippen LogP contribution in [0.1, 0.15) is 57.4 Å². The van der Waals surface area contributed by atoms with Gasteiger partial charge in [0.25, 0.3) is 0 Å². The van der Waals surface area contributed by atoms with Crippen LogP contribution in [0.25, 0.3) is 0 Å². The van der Waals surface area contributed by atoms with E-state index in [0.717, 1.165) is 13.1 Å². The summed E-state index contributed by atoms with van der Waals surface area (Å²) < 4.78 is 13.2. The molecule has 110 valence electrons. The van der Waals surface area contributed by atoms with Crippen LogP contribution in [0.15, 0.2) is 24.3 Å². The SMILES string of the molecule is CC1(C)CCCC2(CCNCC2c2ccc(F)cc2)C1. The number of hydrogen-bond acceptors (Lipinski definition) is 1. The molecule has 1 aromatic carbocycles. The van der Waals surface area contributed by atoms with Crippen LogP contribution in [-0.2, 0) is 0 Å². The summed E-state index contributed by atoms with van der Waals surface area (Å²) in [7, 11) is 0. The molecule has 1 aromatic rings. The number of rotatable bonds is 1. The summed E-state index contributed by atoms with van der Waals surface area (Å²) in [5, 5.41) is 3.55. The van der Waals surface area contributed by atoms with Crippen molar-refractivity contribution in [2.24, 2.45) is 10.8 Å². The predicted octanol–water partition coefficient (Wildman–Crippen LogP) is 4.49. The lowest BCUT2D eigenvalue weighted by Gasteiger charge is -2.52. The zero-order chi connectivity index (χ0) is 14.2. The first kappa shape index (κ1) is 14.1. The first-order valence-corrected chi connectivity index (χ1v) is 7.97. The van der Waals surface area contributed by atoms with E-state index in [1.807, 2.05) is 12.1 Å². The Bertz CT molecular complexity index is 461. The van der Waals surface area contributed by atoms with Gasteiger partial charge in [0.05, 0.1) is 0 Å². The van der Waals surface area contributed by atoms with Crippen molar-refractivity contribution in [3.8, 4) is 0 Å². The highest BCUT2D eigenvalue weighted by molar-refractivity contribution is 5.25. The van der Waals surface area contributed by atoms with E-state index in [1.54, 1.807) is 12.1 Å². The molecule has 3 rings (SSSR count). The molecule has 0 radical (unpaired) electrons. The number of piperidine rings is 1. The van der Waals surface area contributed by atoms with E-state index in [1.165, 1.54) is 37.7 Å². The summed E-state index contributed by atoms with van der Waals surface area (Å²) in [6.07, 6.45) is 6.59. The van der Waals surface area contributed by atoms with Crippen LogP contribution < -0.4 is 5.32 Å². The minimum Gasteiger partial charge on any atom is -0.316 e. The fourth-order valence-electron chi connectivity index (χ4n) is 4.70. The molecule has 1 spiro atoms. The molecular weight excluding hydrogens is 249 g/mol. The molecule has 2 heteroatoms. The van der Waals surface area contributed by atoms with Crippen molar-refractivity contribution in [2.75, 3.05) is 13.1 Å². The summed E-state index contributed by atoms with van der Waals surface area (Å²) >= 11 is 0. The summed E-state index contributed by atoms with van der Waals surface area (Å²) in [4.78, 5) is 0. The quantitative estimate of drug-likeness (QED) is 0.796. The minimum absolute atomic E-state index is 0.129. The summed E-state index contributed by atoms with van der Waals surface area (Å²) in [6, 6.07) is 7.23. The second-order valence-electron chi connectivity index (χ2n) is 7.62.